The number of aliphatic hydroxyl groups is 1. The first-order chi connectivity index (χ1) is 9.61. The maximum Gasteiger partial charge on any atom is 0.259 e. The van der Waals surface area contributed by atoms with Crippen LogP contribution >= 0.6 is 31.9 Å². The number of nitrogens with zero attached hydrogens (tertiary/aromatic N) is 2. The van der Waals surface area contributed by atoms with Crippen LogP contribution in [0.25, 0.3) is 0 Å². The second-order valence-electron chi connectivity index (χ2n) is 4.05. The average Bonchev–Trinajstić information content (AvgIpc) is 2.45. The zero-order chi connectivity index (χ0) is 14.5. The Balaban J connectivity index is 2.33. The summed E-state index contributed by atoms with van der Waals surface area (Å²) in [6.07, 6.45) is 3.13. The monoisotopic (exact) mass is 398 g/mol. The van der Waals surface area contributed by atoms with Gasteiger partial charge < -0.3 is 10.0 Å². The third kappa shape index (κ3) is 3.65. The van der Waals surface area contributed by atoms with E-state index in [4.69, 9.17) is 0 Å². The number of aliphatic hydroxyl groups excluding tert-OH is 1. The fraction of sp³-hybridized carbons (Fsp3) is 0.143. The zero-order valence-electron chi connectivity index (χ0n) is 10.5. The molecule has 0 atom stereocenters. The largest absolute Gasteiger partial charge is 0.395 e. The second kappa shape index (κ2) is 6.97. The summed E-state index contributed by atoms with van der Waals surface area (Å²) >= 11 is 6.65. The summed E-state index contributed by atoms with van der Waals surface area (Å²) in [5.41, 5.74) is 1.20. The van der Waals surface area contributed by atoms with Crippen molar-refractivity contribution in [3.8, 4) is 0 Å². The van der Waals surface area contributed by atoms with Crippen molar-refractivity contribution >= 4 is 43.5 Å². The third-order valence-electron chi connectivity index (χ3n) is 2.66. The molecule has 1 aromatic heterocycles. The Morgan fingerprint density at radius 1 is 1.15 bits per heavy atom. The third-order valence-corrected chi connectivity index (χ3v) is 3.62. The number of hydrogen-bond acceptors (Lipinski definition) is 3. The van der Waals surface area contributed by atoms with Gasteiger partial charge in [-0.05, 0) is 46.3 Å². The minimum absolute atomic E-state index is 0.108. The molecule has 1 heterocycles. The van der Waals surface area contributed by atoms with Gasteiger partial charge in [-0.15, -0.1) is 0 Å². The fourth-order valence-electron chi connectivity index (χ4n) is 1.75. The highest BCUT2D eigenvalue weighted by molar-refractivity contribution is 9.10. The van der Waals surface area contributed by atoms with Crippen LogP contribution in [-0.4, -0.2) is 29.1 Å². The van der Waals surface area contributed by atoms with Gasteiger partial charge in [0.1, 0.15) is 0 Å². The van der Waals surface area contributed by atoms with Gasteiger partial charge in [0.15, 0.2) is 0 Å². The number of pyridine rings is 1. The SMILES string of the molecule is O=C(c1cncc(Br)c1)N(CCO)c1ccc(Br)cc1. The highest BCUT2D eigenvalue weighted by Crippen LogP contribution is 2.21. The van der Waals surface area contributed by atoms with Gasteiger partial charge in [0.2, 0.25) is 0 Å². The molecule has 0 aliphatic heterocycles. The van der Waals surface area contributed by atoms with Crippen molar-refractivity contribution in [2.24, 2.45) is 0 Å². The molecule has 1 aromatic carbocycles. The van der Waals surface area contributed by atoms with Crippen LogP contribution in [0.4, 0.5) is 5.69 Å². The fourth-order valence-corrected chi connectivity index (χ4v) is 2.38. The molecule has 4 nitrogen and oxygen atoms in total. The van der Waals surface area contributed by atoms with Crippen molar-refractivity contribution in [3.05, 3.63) is 57.2 Å². The first-order valence-corrected chi connectivity index (χ1v) is 7.49. The molecule has 20 heavy (non-hydrogen) atoms. The predicted octanol–water partition coefficient (Wildman–Crippen LogP) is 3.25. The quantitative estimate of drug-likeness (QED) is 0.858. The Labute approximate surface area is 133 Å². The van der Waals surface area contributed by atoms with Crippen molar-refractivity contribution in [2.45, 2.75) is 0 Å². The summed E-state index contributed by atoms with van der Waals surface area (Å²) in [6, 6.07) is 9.06. The van der Waals surface area contributed by atoms with Gasteiger partial charge in [-0.3, -0.25) is 9.78 Å². The Bertz CT molecular complexity index is 602. The molecule has 0 aliphatic carbocycles. The Hall–Kier alpha value is -1.24. The van der Waals surface area contributed by atoms with Gasteiger partial charge in [0, 0.05) is 33.6 Å². The van der Waals surface area contributed by atoms with Crippen LogP contribution in [0.3, 0.4) is 0 Å². The first kappa shape index (κ1) is 15.2. The van der Waals surface area contributed by atoms with Crippen molar-refractivity contribution in [3.63, 3.8) is 0 Å². The maximum absolute atomic E-state index is 12.5. The van der Waals surface area contributed by atoms with Crippen molar-refractivity contribution < 1.29 is 9.90 Å². The van der Waals surface area contributed by atoms with Crippen LogP contribution in [0.2, 0.25) is 0 Å². The van der Waals surface area contributed by atoms with Crippen LogP contribution in [0.5, 0.6) is 0 Å². The van der Waals surface area contributed by atoms with Gasteiger partial charge in [-0.2, -0.15) is 0 Å². The molecule has 0 radical (unpaired) electrons. The first-order valence-electron chi connectivity index (χ1n) is 5.90. The van der Waals surface area contributed by atoms with Crippen LogP contribution in [0.1, 0.15) is 10.4 Å². The predicted molar refractivity (Wildman–Crippen MR) is 84.8 cm³/mol. The maximum atomic E-state index is 12.5. The van der Waals surface area contributed by atoms with E-state index < -0.39 is 0 Å². The molecule has 2 rings (SSSR count). The number of hydrogen-bond donors (Lipinski definition) is 1. The molecule has 0 bridgehead atoms. The number of anilines is 1. The molecule has 1 amide bonds. The highest BCUT2D eigenvalue weighted by Gasteiger charge is 2.17. The van der Waals surface area contributed by atoms with Gasteiger partial charge in [0.05, 0.1) is 12.2 Å². The summed E-state index contributed by atoms with van der Waals surface area (Å²) < 4.78 is 1.67. The van der Waals surface area contributed by atoms with E-state index in [0.717, 1.165) is 14.6 Å². The Kier molecular flexibility index (Phi) is 5.28. The molecular weight excluding hydrogens is 388 g/mol. The van der Waals surface area contributed by atoms with E-state index in [1.54, 1.807) is 12.3 Å². The van der Waals surface area contributed by atoms with E-state index in [1.165, 1.54) is 11.1 Å². The van der Waals surface area contributed by atoms with E-state index in [-0.39, 0.29) is 19.1 Å². The molecule has 0 aliphatic rings. The van der Waals surface area contributed by atoms with Crippen molar-refractivity contribution in [1.29, 1.82) is 0 Å². The summed E-state index contributed by atoms with van der Waals surface area (Å²) in [4.78, 5) is 18.0. The van der Waals surface area contributed by atoms with Crippen molar-refractivity contribution in [2.75, 3.05) is 18.1 Å². The van der Waals surface area contributed by atoms with Gasteiger partial charge >= 0.3 is 0 Å². The van der Waals surface area contributed by atoms with E-state index in [0.29, 0.717) is 5.56 Å². The molecule has 1 N–H and O–H groups in total. The minimum Gasteiger partial charge on any atom is -0.395 e. The molecule has 0 saturated heterocycles. The summed E-state index contributed by atoms with van der Waals surface area (Å²) in [5, 5.41) is 9.17. The normalized spacial score (nSPS) is 10.3. The lowest BCUT2D eigenvalue weighted by atomic mass is 10.2. The molecule has 0 spiro atoms. The molecule has 0 unspecified atom stereocenters. The Morgan fingerprint density at radius 3 is 2.45 bits per heavy atom. The highest BCUT2D eigenvalue weighted by atomic mass is 79.9. The average molecular weight is 400 g/mol. The smallest absolute Gasteiger partial charge is 0.259 e. The number of halogens is 2. The molecule has 104 valence electrons. The van der Waals surface area contributed by atoms with Gasteiger partial charge in [0.25, 0.3) is 5.91 Å². The number of benzene rings is 1. The molecule has 6 heteroatoms. The summed E-state index contributed by atoms with van der Waals surface area (Å²) in [6.45, 7) is 0.121. The molecule has 0 saturated carbocycles. The van der Waals surface area contributed by atoms with Crippen LogP contribution in [0.15, 0.2) is 51.7 Å². The van der Waals surface area contributed by atoms with E-state index >= 15 is 0 Å². The minimum atomic E-state index is -0.199. The lowest BCUT2D eigenvalue weighted by Crippen LogP contribution is -2.33. The summed E-state index contributed by atoms with van der Waals surface area (Å²) in [7, 11) is 0. The lowest BCUT2D eigenvalue weighted by Gasteiger charge is -2.22. The lowest BCUT2D eigenvalue weighted by molar-refractivity contribution is 0.0980. The van der Waals surface area contributed by atoms with Gasteiger partial charge in [-0.1, -0.05) is 15.9 Å². The number of aromatic nitrogens is 1. The number of amides is 1. The van der Waals surface area contributed by atoms with Crippen LogP contribution < -0.4 is 4.90 Å². The summed E-state index contributed by atoms with van der Waals surface area (Å²) in [5.74, 6) is -0.199. The second-order valence-corrected chi connectivity index (χ2v) is 5.88. The van der Waals surface area contributed by atoms with Gasteiger partial charge in [-0.25, -0.2) is 0 Å². The molecule has 2 aromatic rings. The number of rotatable bonds is 4. The van der Waals surface area contributed by atoms with E-state index in [9.17, 15) is 9.90 Å². The molecule has 0 fully saturated rings. The van der Waals surface area contributed by atoms with Crippen LogP contribution in [0, 0.1) is 0 Å². The zero-order valence-corrected chi connectivity index (χ0v) is 13.6. The van der Waals surface area contributed by atoms with Crippen LogP contribution in [-0.2, 0) is 0 Å². The number of carbonyl (C=O) groups is 1. The van der Waals surface area contributed by atoms with E-state index in [1.807, 2.05) is 24.3 Å². The van der Waals surface area contributed by atoms with E-state index in [2.05, 4.69) is 36.8 Å². The topological polar surface area (TPSA) is 53.4 Å². The molecular formula is C14H12Br2N2O2. The number of carbonyl (C=O) groups excluding carboxylic acids is 1. The van der Waals surface area contributed by atoms with Crippen molar-refractivity contribution in [1.82, 2.24) is 4.98 Å². The standard InChI is InChI=1S/C14H12Br2N2O2/c15-11-1-3-13(4-2-11)18(5-6-19)14(20)10-7-12(16)9-17-8-10/h1-4,7-9,19H,5-6H2. The Morgan fingerprint density at radius 2 is 1.85 bits per heavy atom.